The van der Waals surface area contributed by atoms with Crippen LogP contribution in [0.3, 0.4) is 0 Å². The zero-order valence-corrected chi connectivity index (χ0v) is 27.4. The number of esters is 1. The number of para-hydroxylation sites is 1. The zero-order valence-electron chi connectivity index (χ0n) is 26.6. The Morgan fingerprint density at radius 1 is 1.13 bits per heavy atom. The third kappa shape index (κ3) is 7.24. The summed E-state index contributed by atoms with van der Waals surface area (Å²) in [5.74, 6) is -1.68. The molecule has 6 rings (SSSR count). The van der Waals surface area contributed by atoms with E-state index in [1.165, 1.54) is 18.4 Å². The maximum absolute atomic E-state index is 14.5. The van der Waals surface area contributed by atoms with E-state index in [1.807, 2.05) is 30.3 Å². The molecule has 47 heavy (non-hydrogen) atoms. The highest BCUT2D eigenvalue weighted by Crippen LogP contribution is 2.57. The van der Waals surface area contributed by atoms with Crippen molar-refractivity contribution in [2.45, 2.75) is 83.0 Å². The molecule has 3 aromatic rings. The molecule has 7 nitrogen and oxygen atoms in total. The largest absolute Gasteiger partial charge is 0.469 e. The number of aromatic nitrogens is 1. The predicted molar refractivity (Wildman–Crippen MR) is 172 cm³/mol. The first kappa shape index (κ1) is 33.2. The van der Waals surface area contributed by atoms with Gasteiger partial charge in [0, 0.05) is 18.8 Å². The zero-order chi connectivity index (χ0) is 33.3. The molecule has 0 unspecified atom stereocenters. The van der Waals surface area contributed by atoms with Crippen molar-refractivity contribution in [3.8, 4) is 5.19 Å². The molecule has 3 heterocycles. The van der Waals surface area contributed by atoms with Crippen molar-refractivity contribution in [3.05, 3.63) is 71.3 Å². The molecule has 1 saturated carbocycles. The molecule has 0 radical (unpaired) electrons. The molecule has 1 amide bonds. The Morgan fingerprint density at radius 2 is 1.94 bits per heavy atom. The van der Waals surface area contributed by atoms with E-state index in [-0.39, 0.29) is 43.4 Å². The quantitative estimate of drug-likeness (QED) is 0.207. The van der Waals surface area contributed by atoms with E-state index in [9.17, 15) is 27.6 Å². The number of rotatable bonds is 5. The molecule has 2 aromatic carbocycles. The van der Waals surface area contributed by atoms with Crippen LogP contribution in [0.25, 0.3) is 10.2 Å². The number of alkyl halides is 3. The number of carbonyl (C=O) groups excluding carboxylic acids is 3. The monoisotopic (exact) mass is 668 g/mol. The highest BCUT2D eigenvalue weighted by Gasteiger charge is 2.61. The number of halogens is 3. The summed E-state index contributed by atoms with van der Waals surface area (Å²) in [6, 6.07) is 10.7. The summed E-state index contributed by atoms with van der Waals surface area (Å²) in [4.78, 5) is 47.7. The van der Waals surface area contributed by atoms with Gasteiger partial charge in [-0.3, -0.25) is 14.4 Å². The molecule has 11 heteroatoms. The van der Waals surface area contributed by atoms with Crippen LogP contribution in [0.1, 0.15) is 68.1 Å². The lowest BCUT2D eigenvalue weighted by atomic mass is 9.89. The molecule has 1 saturated heterocycles. The fraction of sp³-hybridized carbons (Fsp3) is 0.500. The SMILES string of the molecule is COC(=O)[C@]12CC(=O)[C@@H]3C[C@@H](Oc4nc5ccccc5s4)CN3C(=O)[C@@H](Cc3cc(C)cc(C(F)(F)F)c3)CCCCC/C=C\[C@H]1C2. The maximum Gasteiger partial charge on any atom is 0.416 e. The Bertz CT molecular complexity index is 1650. The highest BCUT2D eigenvalue weighted by molar-refractivity contribution is 7.20. The average molecular weight is 669 g/mol. The van der Waals surface area contributed by atoms with Crippen molar-refractivity contribution in [2.24, 2.45) is 17.3 Å². The van der Waals surface area contributed by atoms with Gasteiger partial charge in [-0.1, -0.05) is 60.1 Å². The second kappa shape index (κ2) is 13.4. The maximum atomic E-state index is 14.5. The first-order valence-electron chi connectivity index (χ1n) is 16.2. The summed E-state index contributed by atoms with van der Waals surface area (Å²) in [6.45, 7) is 1.75. The lowest BCUT2D eigenvalue weighted by Gasteiger charge is -2.29. The third-order valence-corrected chi connectivity index (χ3v) is 10.7. The summed E-state index contributed by atoms with van der Waals surface area (Å²) in [5.41, 5.74) is -0.00695. The van der Waals surface area contributed by atoms with Gasteiger partial charge in [-0.15, -0.1) is 0 Å². The van der Waals surface area contributed by atoms with Crippen molar-refractivity contribution in [2.75, 3.05) is 13.7 Å². The second-order valence-electron chi connectivity index (χ2n) is 13.2. The van der Waals surface area contributed by atoms with Gasteiger partial charge in [0.05, 0.1) is 40.9 Å². The van der Waals surface area contributed by atoms with E-state index in [0.717, 1.165) is 48.0 Å². The number of nitrogens with zero attached hydrogens (tertiary/aromatic N) is 2. The minimum Gasteiger partial charge on any atom is -0.469 e. The summed E-state index contributed by atoms with van der Waals surface area (Å²) in [6.07, 6.45) is 3.55. The van der Waals surface area contributed by atoms with Crippen LogP contribution in [-0.2, 0) is 31.7 Å². The number of methoxy groups -OCH3 is 1. The molecule has 2 aliphatic heterocycles. The van der Waals surface area contributed by atoms with Crippen molar-refractivity contribution < 1.29 is 37.0 Å². The van der Waals surface area contributed by atoms with Gasteiger partial charge in [-0.25, -0.2) is 4.98 Å². The molecule has 1 aromatic heterocycles. The molecule has 0 spiro atoms. The van der Waals surface area contributed by atoms with Crippen molar-refractivity contribution >= 4 is 39.2 Å². The van der Waals surface area contributed by atoms with Crippen LogP contribution in [0.2, 0.25) is 0 Å². The van der Waals surface area contributed by atoms with E-state index >= 15 is 0 Å². The van der Waals surface area contributed by atoms with E-state index < -0.39 is 41.2 Å². The summed E-state index contributed by atoms with van der Waals surface area (Å²) >= 11 is 1.38. The average Bonchev–Trinajstić information content (AvgIpc) is 3.34. The van der Waals surface area contributed by atoms with E-state index in [0.29, 0.717) is 29.2 Å². The van der Waals surface area contributed by atoms with Crippen LogP contribution in [0.4, 0.5) is 13.2 Å². The standard InChI is InChI=1S/C36H39F3N2O5S/c1-22-14-23(17-26(15-22)36(37,38)39)16-24-10-6-4-3-5-7-11-25-19-35(25,33(44)45-2)20-30(42)29-18-27(21-41(29)32(24)43)46-34-40-28-12-8-9-13-31(28)47-34/h7-9,11-15,17,24-25,27,29H,3-6,10,16,18-21H2,1-2H3/b11-7-/t24-,25+,27-,29+,35-/m1/s1. The predicted octanol–water partition coefficient (Wildman–Crippen LogP) is 7.49. The van der Waals surface area contributed by atoms with Gasteiger partial charge in [-0.05, 0) is 74.8 Å². The second-order valence-corrected chi connectivity index (χ2v) is 14.2. The first-order chi connectivity index (χ1) is 22.5. The number of ether oxygens (including phenoxy) is 2. The molecule has 250 valence electrons. The number of carbonyl (C=O) groups is 3. The number of benzene rings is 2. The normalized spacial score (nSPS) is 27.8. The summed E-state index contributed by atoms with van der Waals surface area (Å²) in [5, 5.41) is 0.438. The summed E-state index contributed by atoms with van der Waals surface area (Å²) in [7, 11) is 1.32. The van der Waals surface area contributed by atoms with Crippen LogP contribution in [-0.4, -0.2) is 53.3 Å². The number of hydrogen-bond donors (Lipinski definition) is 0. The number of hydrogen-bond acceptors (Lipinski definition) is 7. The minimum absolute atomic E-state index is 0.0610. The number of aryl methyl sites for hydroxylation is 1. The molecule has 1 aliphatic carbocycles. The van der Waals surface area contributed by atoms with E-state index in [4.69, 9.17) is 9.47 Å². The first-order valence-corrected chi connectivity index (χ1v) is 17.1. The minimum atomic E-state index is -4.51. The number of allylic oxidation sites excluding steroid dienone is 2. The van der Waals surface area contributed by atoms with E-state index in [2.05, 4.69) is 11.1 Å². The van der Waals surface area contributed by atoms with Gasteiger partial charge >= 0.3 is 12.1 Å². The number of amides is 1. The fourth-order valence-corrected chi connectivity index (χ4v) is 8.15. The fourth-order valence-electron chi connectivity index (χ4n) is 7.27. The van der Waals surface area contributed by atoms with Crippen LogP contribution in [0, 0.1) is 24.2 Å². The Labute approximate surface area is 276 Å². The smallest absolute Gasteiger partial charge is 0.416 e. The van der Waals surface area contributed by atoms with Crippen molar-refractivity contribution in [1.29, 1.82) is 0 Å². The Morgan fingerprint density at radius 3 is 2.70 bits per heavy atom. The third-order valence-electron chi connectivity index (χ3n) is 9.76. The molecular formula is C36H39F3N2O5S. The molecule has 5 atom stereocenters. The lowest BCUT2D eigenvalue weighted by molar-refractivity contribution is -0.150. The van der Waals surface area contributed by atoms with E-state index in [1.54, 1.807) is 17.9 Å². The topological polar surface area (TPSA) is 85.8 Å². The van der Waals surface area contributed by atoms with Gasteiger partial charge in [0.2, 0.25) is 5.91 Å². The Hall–Kier alpha value is -3.73. The van der Waals surface area contributed by atoms with Gasteiger partial charge in [0.15, 0.2) is 5.78 Å². The van der Waals surface area contributed by atoms with Gasteiger partial charge in [0.1, 0.15) is 6.10 Å². The molecule has 0 N–H and O–H groups in total. The van der Waals surface area contributed by atoms with Crippen molar-refractivity contribution in [1.82, 2.24) is 9.88 Å². The lowest BCUT2D eigenvalue weighted by Crippen LogP contribution is -2.45. The summed E-state index contributed by atoms with van der Waals surface area (Å²) < 4.78 is 53.5. The van der Waals surface area contributed by atoms with Gasteiger partial charge in [0.25, 0.3) is 5.19 Å². The van der Waals surface area contributed by atoms with Crippen LogP contribution in [0.15, 0.2) is 54.6 Å². The highest BCUT2D eigenvalue weighted by atomic mass is 32.1. The van der Waals surface area contributed by atoms with Gasteiger partial charge < -0.3 is 14.4 Å². The Balaban J connectivity index is 1.31. The molecular weight excluding hydrogens is 629 g/mol. The number of thiazole rings is 1. The molecule has 2 fully saturated rings. The number of Topliss-reactive ketones (excluding diaryl/α,β-unsaturated/α-hetero) is 1. The van der Waals surface area contributed by atoms with Crippen LogP contribution in [0.5, 0.6) is 5.19 Å². The van der Waals surface area contributed by atoms with Crippen LogP contribution >= 0.6 is 11.3 Å². The number of fused-ring (bicyclic) bond motifs is 3. The van der Waals surface area contributed by atoms with Crippen molar-refractivity contribution in [3.63, 3.8) is 0 Å². The van der Waals surface area contributed by atoms with Crippen LogP contribution < -0.4 is 4.74 Å². The molecule has 0 bridgehead atoms. The Kier molecular flexibility index (Phi) is 9.47. The molecule has 3 aliphatic rings. The number of ketones is 1. The van der Waals surface area contributed by atoms with Gasteiger partial charge in [-0.2, -0.15) is 13.2 Å².